The first-order valence-electron chi connectivity index (χ1n) is 3.34. The molecule has 0 atom stereocenters. The first kappa shape index (κ1) is 11.0. The van der Waals surface area contributed by atoms with Crippen molar-refractivity contribution >= 4 is 21.9 Å². The lowest BCUT2D eigenvalue weighted by Gasteiger charge is -2.07. The van der Waals surface area contributed by atoms with Gasteiger partial charge in [0.2, 0.25) is 5.75 Å². The number of hydrogen-bond acceptors (Lipinski definition) is 5. The number of nitrogens with two attached hydrogens (primary N) is 1. The molecule has 0 aromatic carbocycles. The quantitative estimate of drug-likeness (QED) is 0.819. The predicted octanol–water partition coefficient (Wildman–Crippen LogP) is 0.326. The average Bonchev–Trinajstić information content (AvgIpc) is 2.06. The van der Waals surface area contributed by atoms with E-state index in [-0.39, 0.29) is 16.7 Å². The average molecular weight is 239 g/mol. The van der Waals surface area contributed by atoms with E-state index in [2.05, 4.69) is 14.3 Å². The van der Waals surface area contributed by atoms with Gasteiger partial charge in [-0.25, -0.2) is 4.98 Å². The number of pyridine rings is 1. The maximum atomic E-state index is 10.6. The Bertz CT molecular complexity index is 433. The molecule has 1 heterocycles. The molecule has 0 bridgehead atoms. The third-order valence-electron chi connectivity index (χ3n) is 1.22. The van der Waals surface area contributed by atoms with Crippen molar-refractivity contribution in [3.05, 3.63) is 17.3 Å². The van der Waals surface area contributed by atoms with E-state index in [9.17, 15) is 8.42 Å². The normalized spacial score (nSPS) is 11.1. The smallest absolute Gasteiger partial charge is 0.380 e. The van der Waals surface area contributed by atoms with E-state index >= 15 is 0 Å². The largest absolute Gasteiger partial charge is 0.478 e. The van der Waals surface area contributed by atoms with Gasteiger partial charge in [-0.05, 0) is 6.07 Å². The molecule has 0 aliphatic heterocycles. The van der Waals surface area contributed by atoms with Crippen LogP contribution in [-0.4, -0.2) is 20.5 Å². The van der Waals surface area contributed by atoms with Gasteiger partial charge in [-0.2, -0.15) is 13.6 Å². The van der Waals surface area contributed by atoms with Gasteiger partial charge in [0.25, 0.3) is 5.88 Å². The van der Waals surface area contributed by atoms with Gasteiger partial charge >= 0.3 is 10.3 Å². The summed E-state index contributed by atoms with van der Waals surface area (Å²) in [5.74, 6) is -0.273. The van der Waals surface area contributed by atoms with Crippen LogP contribution < -0.4 is 14.1 Å². The van der Waals surface area contributed by atoms with Crippen molar-refractivity contribution in [2.75, 3.05) is 7.11 Å². The highest BCUT2D eigenvalue weighted by atomic mass is 35.5. The SMILES string of the molecule is COc1nccc(Cl)c1OS(N)(=O)=O. The Morgan fingerprint density at radius 3 is 2.71 bits per heavy atom. The first-order chi connectivity index (χ1) is 6.44. The fourth-order valence-electron chi connectivity index (χ4n) is 0.744. The number of halogens is 1. The van der Waals surface area contributed by atoms with Crippen molar-refractivity contribution in [2.45, 2.75) is 0 Å². The molecule has 0 amide bonds. The van der Waals surface area contributed by atoms with Crippen molar-refractivity contribution in [2.24, 2.45) is 5.14 Å². The highest BCUT2D eigenvalue weighted by Crippen LogP contribution is 2.32. The molecular formula is C6H7ClN2O4S. The minimum Gasteiger partial charge on any atom is -0.478 e. The topological polar surface area (TPSA) is 91.5 Å². The van der Waals surface area contributed by atoms with E-state index < -0.39 is 10.3 Å². The predicted molar refractivity (Wildman–Crippen MR) is 49.5 cm³/mol. The zero-order valence-corrected chi connectivity index (χ0v) is 8.67. The molecule has 0 fully saturated rings. The Morgan fingerprint density at radius 2 is 2.21 bits per heavy atom. The minimum atomic E-state index is -4.14. The molecule has 1 aromatic rings. The van der Waals surface area contributed by atoms with Crippen LogP contribution in [0.1, 0.15) is 0 Å². The summed E-state index contributed by atoms with van der Waals surface area (Å²) in [6, 6.07) is 1.35. The summed E-state index contributed by atoms with van der Waals surface area (Å²) >= 11 is 5.65. The molecule has 78 valence electrons. The van der Waals surface area contributed by atoms with Crippen molar-refractivity contribution in [1.29, 1.82) is 0 Å². The van der Waals surface area contributed by atoms with Crippen LogP contribution in [0, 0.1) is 0 Å². The summed E-state index contributed by atoms with van der Waals surface area (Å²) in [7, 11) is -2.84. The van der Waals surface area contributed by atoms with Crippen molar-refractivity contribution in [1.82, 2.24) is 4.98 Å². The van der Waals surface area contributed by atoms with Crippen LogP contribution in [0.3, 0.4) is 0 Å². The number of methoxy groups -OCH3 is 1. The van der Waals surface area contributed by atoms with Crippen molar-refractivity contribution in [3.63, 3.8) is 0 Å². The summed E-state index contributed by atoms with van der Waals surface area (Å²) < 4.78 is 30.4. The fraction of sp³-hybridized carbons (Fsp3) is 0.167. The molecule has 0 spiro atoms. The van der Waals surface area contributed by atoms with Crippen LogP contribution in [0.2, 0.25) is 5.02 Å². The second-order valence-corrected chi connectivity index (χ2v) is 3.77. The number of nitrogens with zero attached hydrogens (tertiary/aromatic N) is 1. The van der Waals surface area contributed by atoms with Crippen LogP contribution in [-0.2, 0) is 10.3 Å². The number of rotatable bonds is 3. The summed E-state index contributed by atoms with van der Waals surface area (Å²) in [6.45, 7) is 0. The lowest BCUT2D eigenvalue weighted by Crippen LogP contribution is -2.19. The number of aromatic nitrogens is 1. The molecule has 1 aromatic heterocycles. The number of hydrogen-bond donors (Lipinski definition) is 1. The van der Waals surface area contributed by atoms with E-state index in [0.29, 0.717) is 0 Å². The molecule has 0 aliphatic carbocycles. The van der Waals surface area contributed by atoms with Gasteiger partial charge in [0.1, 0.15) is 0 Å². The van der Waals surface area contributed by atoms with Gasteiger partial charge in [-0.3, -0.25) is 0 Å². The highest BCUT2D eigenvalue weighted by Gasteiger charge is 2.15. The van der Waals surface area contributed by atoms with Crippen LogP contribution >= 0.6 is 11.6 Å². The Hall–Kier alpha value is -1.05. The molecule has 0 radical (unpaired) electrons. The van der Waals surface area contributed by atoms with Gasteiger partial charge in [0.05, 0.1) is 12.1 Å². The molecule has 0 unspecified atom stereocenters. The van der Waals surface area contributed by atoms with Crippen LogP contribution in [0.5, 0.6) is 11.6 Å². The van der Waals surface area contributed by atoms with Crippen molar-refractivity contribution in [3.8, 4) is 11.6 Å². The molecule has 14 heavy (non-hydrogen) atoms. The van der Waals surface area contributed by atoms with Crippen LogP contribution in [0.25, 0.3) is 0 Å². The van der Waals surface area contributed by atoms with Gasteiger partial charge in [-0.15, -0.1) is 0 Å². The second kappa shape index (κ2) is 3.99. The van der Waals surface area contributed by atoms with Crippen LogP contribution in [0.4, 0.5) is 0 Å². The summed E-state index contributed by atoms with van der Waals surface area (Å²) in [4.78, 5) is 3.69. The Labute approximate surface area is 85.9 Å². The van der Waals surface area contributed by atoms with Gasteiger partial charge in [0.15, 0.2) is 0 Å². The fourth-order valence-corrected chi connectivity index (χ4v) is 1.36. The summed E-state index contributed by atoms with van der Waals surface area (Å²) in [5.41, 5.74) is 0. The lowest BCUT2D eigenvalue weighted by atomic mass is 10.4. The molecular weight excluding hydrogens is 232 g/mol. The Kier molecular flexibility index (Phi) is 3.14. The molecule has 8 heteroatoms. The zero-order valence-electron chi connectivity index (χ0n) is 7.10. The third kappa shape index (κ3) is 2.72. The highest BCUT2D eigenvalue weighted by molar-refractivity contribution is 7.84. The molecule has 0 saturated carbocycles. The minimum absolute atomic E-state index is 0.0471. The monoisotopic (exact) mass is 238 g/mol. The van der Waals surface area contributed by atoms with Gasteiger partial charge < -0.3 is 8.92 Å². The lowest BCUT2D eigenvalue weighted by molar-refractivity contribution is 0.375. The van der Waals surface area contributed by atoms with Crippen molar-refractivity contribution < 1.29 is 17.3 Å². The summed E-state index contributed by atoms with van der Waals surface area (Å²) in [6.07, 6.45) is 1.34. The summed E-state index contributed by atoms with van der Waals surface area (Å²) in [5, 5.41) is 4.72. The third-order valence-corrected chi connectivity index (χ3v) is 1.91. The first-order valence-corrected chi connectivity index (χ1v) is 5.19. The molecule has 0 aliphatic rings. The van der Waals surface area contributed by atoms with Gasteiger partial charge in [-0.1, -0.05) is 11.6 Å². The van der Waals surface area contributed by atoms with Gasteiger partial charge in [0, 0.05) is 6.20 Å². The zero-order chi connectivity index (χ0) is 10.8. The van der Waals surface area contributed by atoms with E-state index in [4.69, 9.17) is 16.3 Å². The molecule has 1 rings (SSSR count). The number of ether oxygens (including phenoxy) is 1. The molecule has 0 saturated heterocycles. The van der Waals surface area contributed by atoms with E-state index in [1.807, 2.05) is 0 Å². The Balaban J connectivity index is 3.18. The van der Waals surface area contributed by atoms with E-state index in [1.165, 1.54) is 19.4 Å². The Morgan fingerprint density at radius 1 is 1.57 bits per heavy atom. The van der Waals surface area contributed by atoms with E-state index in [1.54, 1.807) is 0 Å². The maximum Gasteiger partial charge on any atom is 0.380 e. The second-order valence-electron chi connectivity index (χ2n) is 2.21. The van der Waals surface area contributed by atoms with Crippen LogP contribution in [0.15, 0.2) is 12.3 Å². The molecule has 2 N–H and O–H groups in total. The standard InChI is InChI=1S/C6H7ClN2O4S/c1-12-6-5(13-14(8,10)11)4(7)2-3-9-6/h2-3H,1H3,(H2,8,10,11). The maximum absolute atomic E-state index is 10.6. The molecule has 6 nitrogen and oxygen atoms in total. The van der Waals surface area contributed by atoms with E-state index in [0.717, 1.165) is 0 Å².